The molecule has 2 aromatic rings. The Labute approximate surface area is 89.6 Å². The van der Waals surface area contributed by atoms with Gasteiger partial charge in [-0.3, -0.25) is 14.9 Å². The van der Waals surface area contributed by atoms with Gasteiger partial charge in [0, 0.05) is 17.6 Å². The van der Waals surface area contributed by atoms with Gasteiger partial charge in [0.15, 0.2) is 0 Å². The number of nitrogens with zero attached hydrogens (tertiary/aromatic N) is 1. The molecule has 1 aromatic carbocycles. The van der Waals surface area contributed by atoms with E-state index in [1.807, 2.05) is 0 Å². The molecule has 0 aliphatic heterocycles. The Balaban J connectivity index is 2.90. The lowest BCUT2D eigenvalue weighted by atomic mass is 10.1. The standard InChI is InChI=1S/C10H8N2O4/c1-16-9-5-6(12(14)15)4-8-7(9)2-3-11-10(8)13/h2-5H,1H3,(H,11,13). The third-order valence-electron chi connectivity index (χ3n) is 2.27. The summed E-state index contributed by atoms with van der Waals surface area (Å²) >= 11 is 0. The zero-order valence-electron chi connectivity index (χ0n) is 8.39. The van der Waals surface area contributed by atoms with Crippen molar-refractivity contribution >= 4 is 16.5 Å². The van der Waals surface area contributed by atoms with Crippen molar-refractivity contribution in [1.82, 2.24) is 4.98 Å². The van der Waals surface area contributed by atoms with Gasteiger partial charge in [-0.2, -0.15) is 0 Å². The van der Waals surface area contributed by atoms with E-state index in [2.05, 4.69) is 4.98 Å². The van der Waals surface area contributed by atoms with Crippen LogP contribution in [0.4, 0.5) is 5.69 Å². The lowest BCUT2D eigenvalue weighted by molar-refractivity contribution is -0.384. The van der Waals surface area contributed by atoms with Crippen molar-refractivity contribution in [1.29, 1.82) is 0 Å². The van der Waals surface area contributed by atoms with Crippen LogP contribution in [0.1, 0.15) is 0 Å². The highest BCUT2D eigenvalue weighted by Gasteiger charge is 2.13. The van der Waals surface area contributed by atoms with Gasteiger partial charge in [0.25, 0.3) is 11.2 Å². The lowest BCUT2D eigenvalue weighted by Gasteiger charge is -2.04. The molecular formula is C10H8N2O4. The molecule has 0 radical (unpaired) electrons. The maximum absolute atomic E-state index is 11.5. The first kappa shape index (κ1) is 10.2. The zero-order valence-corrected chi connectivity index (χ0v) is 8.39. The number of methoxy groups -OCH3 is 1. The van der Waals surface area contributed by atoms with Crippen LogP contribution in [0.15, 0.2) is 29.2 Å². The highest BCUT2D eigenvalue weighted by Crippen LogP contribution is 2.28. The summed E-state index contributed by atoms with van der Waals surface area (Å²) in [6.45, 7) is 0. The molecule has 0 aliphatic rings. The lowest BCUT2D eigenvalue weighted by Crippen LogP contribution is -2.05. The Hall–Kier alpha value is -2.37. The summed E-state index contributed by atoms with van der Waals surface area (Å²) in [6.07, 6.45) is 1.47. The summed E-state index contributed by atoms with van der Waals surface area (Å²) in [5.74, 6) is 0.315. The van der Waals surface area contributed by atoms with E-state index >= 15 is 0 Å². The molecule has 0 fully saturated rings. The molecular weight excluding hydrogens is 212 g/mol. The van der Waals surface area contributed by atoms with Crippen molar-refractivity contribution in [3.63, 3.8) is 0 Å². The summed E-state index contributed by atoms with van der Waals surface area (Å²) in [5.41, 5.74) is -0.541. The number of hydrogen-bond acceptors (Lipinski definition) is 4. The van der Waals surface area contributed by atoms with E-state index in [9.17, 15) is 14.9 Å². The summed E-state index contributed by atoms with van der Waals surface area (Å²) in [6, 6.07) is 4.16. The van der Waals surface area contributed by atoms with E-state index < -0.39 is 4.92 Å². The van der Waals surface area contributed by atoms with Gasteiger partial charge in [0.05, 0.1) is 23.5 Å². The van der Waals surface area contributed by atoms with Gasteiger partial charge in [-0.25, -0.2) is 0 Å². The van der Waals surface area contributed by atoms with E-state index in [1.54, 1.807) is 6.07 Å². The number of aromatic nitrogens is 1. The van der Waals surface area contributed by atoms with E-state index in [-0.39, 0.29) is 16.6 Å². The highest BCUT2D eigenvalue weighted by molar-refractivity contribution is 5.89. The summed E-state index contributed by atoms with van der Waals surface area (Å²) in [7, 11) is 1.40. The number of aromatic amines is 1. The monoisotopic (exact) mass is 220 g/mol. The molecule has 2 rings (SSSR count). The maximum Gasteiger partial charge on any atom is 0.273 e. The third-order valence-corrected chi connectivity index (χ3v) is 2.27. The van der Waals surface area contributed by atoms with Crippen LogP contribution < -0.4 is 10.3 Å². The molecule has 0 saturated carbocycles. The average Bonchev–Trinajstić information content (AvgIpc) is 2.28. The van der Waals surface area contributed by atoms with Crippen molar-refractivity contribution in [3.8, 4) is 5.75 Å². The molecule has 0 unspecified atom stereocenters. The minimum absolute atomic E-state index is 0.166. The fourth-order valence-corrected chi connectivity index (χ4v) is 1.52. The number of pyridine rings is 1. The number of ether oxygens (including phenoxy) is 1. The number of nitro groups is 1. The Morgan fingerprint density at radius 2 is 2.12 bits per heavy atom. The Morgan fingerprint density at radius 3 is 2.75 bits per heavy atom. The topological polar surface area (TPSA) is 85.2 Å². The fraction of sp³-hybridized carbons (Fsp3) is 0.100. The number of nitrogens with one attached hydrogen (secondary N) is 1. The van der Waals surface area contributed by atoms with Crippen LogP contribution in [-0.4, -0.2) is 17.0 Å². The summed E-state index contributed by atoms with van der Waals surface area (Å²) < 4.78 is 5.02. The molecule has 0 amide bonds. The van der Waals surface area contributed by atoms with E-state index in [0.29, 0.717) is 11.1 Å². The first-order chi connectivity index (χ1) is 7.63. The van der Waals surface area contributed by atoms with Crippen LogP contribution >= 0.6 is 0 Å². The zero-order chi connectivity index (χ0) is 11.7. The molecule has 1 heterocycles. The predicted octanol–water partition coefficient (Wildman–Crippen LogP) is 1.44. The molecule has 0 spiro atoms. The largest absolute Gasteiger partial charge is 0.496 e. The van der Waals surface area contributed by atoms with Gasteiger partial charge in [-0.1, -0.05) is 0 Å². The number of rotatable bonds is 2. The van der Waals surface area contributed by atoms with Gasteiger partial charge in [0.1, 0.15) is 5.75 Å². The number of hydrogen-bond donors (Lipinski definition) is 1. The van der Waals surface area contributed by atoms with Crippen molar-refractivity contribution in [2.75, 3.05) is 7.11 Å². The van der Waals surface area contributed by atoms with Crippen LogP contribution in [-0.2, 0) is 0 Å². The van der Waals surface area contributed by atoms with Crippen LogP contribution in [0.3, 0.4) is 0 Å². The SMILES string of the molecule is COc1cc([N+](=O)[O-])cc2c(=O)[nH]ccc12. The van der Waals surface area contributed by atoms with Crippen LogP contribution in [0.2, 0.25) is 0 Å². The number of H-pyrrole nitrogens is 1. The van der Waals surface area contributed by atoms with E-state index in [1.165, 1.54) is 25.4 Å². The molecule has 0 bridgehead atoms. The molecule has 1 N–H and O–H groups in total. The van der Waals surface area contributed by atoms with E-state index in [4.69, 9.17) is 4.74 Å². The van der Waals surface area contributed by atoms with Gasteiger partial charge >= 0.3 is 0 Å². The van der Waals surface area contributed by atoms with Crippen molar-refractivity contribution in [3.05, 3.63) is 44.9 Å². The molecule has 1 aromatic heterocycles. The van der Waals surface area contributed by atoms with Crippen molar-refractivity contribution in [2.24, 2.45) is 0 Å². The highest BCUT2D eigenvalue weighted by atomic mass is 16.6. The summed E-state index contributed by atoms with van der Waals surface area (Å²) in [5, 5.41) is 11.5. The van der Waals surface area contributed by atoms with Crippen LogP contribution in [0.5, 0.6) is 5.75 Å². The third kappa shape index (κ3) is 1.50. The first-order valence-corrected chi connectivity index (χ1v) is 4.47. The minimum atomic E-state index is -0.561. The fourth-order valence-electron chi connectivity index (χ4n) is 1.52. The molecule has 6 heteroatoms. The second-order valence-electron chi connectivity index (χ2n) is 3.17. The first-order valence-electron chi connectivity index (χ1n) is 4.47. The predicted molar refractivity (Wildman–Crippen MR) is 57.8 cm³/mol. The van der Waals surface area contributed by atoms with Crippen LogP contribution in [0, 0.1) is 10.1 Å². The molecule has 0 aliphatic carbocycles. The number of fused-ring (bicyclic) bond motifs is 1. The second kappa shape index (κ2) is 3.65. The average molecular weight is 220 g/mol. The van der Waals surface area contributed by atoms with Gasteiger partial charge in [0.2, 0.25) is 0 Å². The Bertz CT molecular complexity index is 618. The van der Waals surface area contributed by atoms with E-state index in [0.717, 1.165) is 0 Å². The number of benzene rings is 1. The van der Waals surface area contributed by atoms with Gasteiger partial charge in [-0.05, 0) is 6.07 Å². The quantitative estimate of drug-likeness (QED) is 0.613. The van der Waals surface area contributed by atoms with Gasteiger partial charge < -0.3 is 9.72 Å². The number of nitro benzene ring substituents is 1. The Morgan fingerprint density at radius 1 is 1.38 bits per heavy atom. The normalized spacial score (nSPS) is 10.3. The molecule has 0 saturated heterocycles. The minimum Gasteiger partial charge on any atom is -0.496 e. The smallest absolute Gasteiger partial charge is 0.273 e. The Kier molecular flexibility index (Phi) is 2.32. The molecule has 16 heavy (non-hydrogen) atoms. The van der Waals surface area contributed by atoms with Crippen molar-refractivity contribution < 1.29 is 9.66 Å². The molecule has 0 atom stereocenters. The van der Waals surface area contributed by atoms with Crippen LogP contribution in [0.25, 0.3) is 10.8 Å². The maximum atomic E-state index is 11.5. The molecule has 6 nitrogen and oxygen atoms in total. The summed E-state index contributed by atoms with van der Waals surface area (Å²) in [4.78, 5) is 24.0. The molecule has 82 valence electrons. The number of non-ortho nitro benzene ring substituents is 1. The van der Waals surface area contributed by atoms with Crippen molar-refractivity contribution in [2.45, 2.75) is 0 Å². The van der Waals surface area contributed by atoms with Gasteiger partial charge in [-0.15, -0.1) is 0 Å². The second-order valence-corrected chi connectivity index (χ2v) is 3.17.